The molecule has 0 saturated carbocycles. The molecule has 18 heavy (non-hydrogen) atoms. The predicted octanol–water partition coefficient (Wildman–Crippen LogP) is 3.12. The van der Waals surface area contributed by atoms with Crippen molar-refractivity contribution in [2.75, 3.05) is 6.61 Å². The van der Waals surface area contributed by atoms with E-state index in [-0.39, 0.29) is 12.2 Å². The average molecular weight is 331 g/mol. The maximum absolute atomic E-state index is 12.1. The summed E-state index contributed by atoms with van der Waals surface area (Å²) < 4.78 is 5.48. The Hall–Kier alpha value is -1.33. The summed E-state index contributed by atoms with van der Waals surface area (Å²) in [6.45, 7) is 1.90. The number of nitrogens with one attached hydrogen (secondary N) is 1. The molecule has 1 aromatic carbocycles. The molecule has 0 aliphatic carbocycles. The van der Waals surface area contributed by atoms with Gasteiger partial charge in [-0.05, 0) is 35.0 Å². The quantitative estimate of drug-likeness (QED) is 0.861. The first-order valence-corrected chi connectivity index (χ1v) is 6.39. The van der Waals surface area contributed by atoms with Crippen LogP contribution < -0.4 is 5.43 Å². The van der Waals surface area contributed by atoms with Gasteiger partial charge in [0.25, 0.3) is 0 Å². The van der Waals surface area contributed by atoms with E-state index in [0.29, 0.717) is 20.4 Å². The van der Waals surface area contributed by atoms with Crippen LogP contribution in [-0.4, -0.2) is 17.6 Å². The van der Waals surface area contributed by atoms with Gasteiger partial charge in [0.05, 0.1) is 12.1 Å². The van der Waals surface area contributed by atoms with E-state index in [1.807, 2.05) is 0 Å². The molecule has 4 nitrogen and oxygen atoms in total. The zero-order valence-electron chi connectivity index (χ0n) is 9.42. The molecule has 0 radical (unpaired) electrons. The minimum absolute atomic E-state index is 0.0292. The number of ether oxygens (including phenoxy) is 1. The Balaban J connectivity index is 2.71. The van der Waals surface area contributed by atoms with Gasteiger partial charge < -0.3 is 9.72 Å². The molecule has 0 saturated heterocycles. The maximum atomic E-state index is 12.1. The maximum Gasteiger partial charge on any atom is 0.343 e. The van der Waals surface area contributed by atoms with Crippen LogP contribution in [0.15, 0.2) is 27.6 Å². The molecule has 94 valence electrons. The van der Waals surface area contributed by atoms with Crippen LogP contribution in [0, 0.1) is 0 Å². The van der Waals surface area contributed by atoms with Crippen LogP contribution in [0.4, 0.5) is 0 Å². The van der Waals surface area contributed by atoms with Gasteiger partial charge in [0.15, 0.2) is 0 Å². The Morgan fingerprint density at radius 1 is 1.50 bits per heavy atom. The lowest BCUT2D eigenvalue weighted by molar-refractivity contribution is 0.0524. The summed E-state index contributed by atoms with van der Waals surface area (Å²) in [5.74, 6) is -0.642. The van der Waals surface area contributed by atoms with Gasteiger partial charge >= 0.3 is 5.97 Å². The van der Waals surface area contributed by atoms with Crippen molar-refractivity contribution in [1.82, 2.24) is 4.98 Å². The smallest absolute Gasteiger partial charge is 0.343 e. The van der Waals surface area contributed by atoms with E-state index < -0.39 is 11.4 Å². The molecule has 1 aromatic heterocycles. The van der Waals surface area contributed by atoms with Crippen LogP contribution in [0.2, 0.25) is 5.02 Å². The predicted molar refractivity (Wildman–Crippen MR) is 73.2 cm³/mol. The molecule has 0 fully saturated rings. The third-order valence-corrected chi connectivity index (χ3v) is 3.24. The second-order valence-corrected chi connectivity index (χ2v) is 4.85. The fourth-order valence-electron chi connectivity index (χ4n) is 1.61. The highest BCUT2D eigenvalue weighted by Gasteiger charge is 2.15. The third-order valence-electron chi connectivity index (χ3n) is 2.40. The molecular weight excluding hydrogens is 321 g/mol. The number of carbonyl (C=O) groups excluding carboxylic acids is 1. The number of fused-ring (bicyclic) bond motifs is 1. The van der Waals surface area contributed by atoms with Gasteiger partial charge in [-0.3, -0.25) is 4.79 Å². The summed E-state index contributed by atoms with van der Waals surface area (Å²) in [6, 6.07) is 3.19. The molecule has 2 rings (SSSR count). The lowest BCUT2D eigenvalue weighted by Crippen LogP contribution is -2.18. The van der Waals surface area contributed by atoms with Crippen LogP contribution in [0.5, 0.6) is 0 Å². The molecule has 6 heteroatoms. The molecule has 1 heterocycles. The first-order valence-electron chi connectivity index (χ1n) is 5.22. The number of hydrogen-bond acceptors (Lipinski definition) is 3. The number of benzene rings is 1. The van der Waals surface area contributed by atoms with Crippen molar-refractivity contribution in [3.05, 3.63) is 43.6 Å². The number of pyridine rings is 1. The number of H-pyrrole nitrogens is 1. The highest BCUT2D eigenvalue weighted by atomic mass is 79.9. The Bertz CT molecular complexity index is 681. The van der Waals surface area contributed by atoms with Gasteiger partial charge in [-0.1, -0.05) is 11.6 Å². The minimum Gasteiger partial charge on any atom is -0.462 e. The molecule has 1 N–H and O–H groups in total. The van der Waals surface area contributed by atoms with Crippen molar-refractivity contribution >= 4 is 44.4 Å². The first kappa shape index (κ1) is 13.1. The van der Waals surface area contributed by atoms with Crippen molar-refractivity contribution < 1.29 is 9.53 Å². The van der Waals surface area contributed by atoms with Gasteiger partial charge in [-0.15, -0.1) is 0 Å². The number of carbonyl (C=O) groups is 1. The van der Waals surface area contributed by atoms with Gasteiger partial charge in [0, 0.05) is 21.1 Å². The van der Waals surface area contributed by atoms with Crippen LogP contribution in [0.3, 0.4) is 0 Å². The lowest BCUT2D eigenvalue weighted by atomic mass is 10.1. The van der Waals surface area contributed by atoms with Crippen LogP contribution in [-0.2, 0) is 4.74 Å². The monoisotopic (exact) mass is 329 g/mol. The average Bonchev–Trinajstić information content (AvgIpc) is 2.30. The lowest BCUT2D eigenvalue weighted by Gasteiger charge is -2.05. The van der Waals surface area contributed by atoms with Crippen molar-refractivity contribution in [2.45, 2.75) is 6.92 Å². The fourth-order valence-corrected chi connectivity index (χ4v) is 2.54. The summed E-state index contributed by atoms with van der Waals surface area (Å²) in [4.78, 5) is 26.6. The zero-order valence-corrected chi connectivity index (χ0v) is 11.8. The summed E-state index contributed by atoms with van der Waals surface area (Å²) in [6.07, 6.45) is 1.35. The molecule has 0 atom stereocenters. The Morgan fingerprint density at radius 2 is 2.22 bits per heavy atom. The molecule has 0 unspecified atom stereocenters. The van der Waals surface area contributed by atoms with E-state index in [1.54, 1.807) is 13.0 Å². The second-order valence-electron chi connectivity index (χ2n) is 3.56. The molecule has 0 aliphatic heterocycles. The van der Waals surface area contributed by atoms with Gasteiger partial charge in [0.1, 0.15) is 5.56 Å². The summed E-state index contributed by atoms with van der Waals surface area (Å²) in [5.41, 5.74) is 0.168. The van der Waals surface area contributed by atoms with Crippen LogP contribution in [0.1, 0.15) is 17.3 Å². The molecular formula is C12H9BrClNO3. The van der Waals surface area contributed by atoms with Crippen molar-refractivity contribution in [2.24, 2.45) is 0 Å². The van der Waals surface area contributed by atoms with Gasteiger partial charge in [-0.25, -0.2) is 4.79 Å². The van der Waals surface area contributed by atoms with Gasteiger partial charge in [0.2, 0.25) is 5.43 Å². The number of halogens is 2. The van der Waals surface area contributed by atoms with Crippen molar-refractivity contribution in [1.29, 1.82) is 0 Å². The number of aromatic amines is 1. The Labute approximate surface area is 116 Å². The number of rotatable bonds is 2. The normalized spacial score (nSPS) is 10.6. The van der Waals surface area contributed by atoms with Crippen LogP contribution >= 0.6 is 27.5 Å². The third kappa shape index (κ3) is 2.28. The van der Waals surface area contributed by atoms with E-state index in [9.17, 15) is 9.59 Å². The van der Waals surface area contributed by atoms with Crippen LogP contribution in [0.25, 0.3) is 10.9 Å². The summed E-state index contributed by atoms with van der Waals surface area (Å²) >= 11 is 9.19. The molecule has 0 spiro atoms. The SMILES string of the molecule is CCOC(=O)c1c[nH]c2c(Br)cc(Cl)cc2c1=O. The fraction of sp³-hybridized carbons (Fsp3) is 0.167. The largest absolute Gasteiger partial charge is 0.462 e. The molecule has 0 amide bonds. The summed E-state index contributed by atoms with van der Waals surface area (Å²) in [5, 5.41) is 0.765. The summed E-state index contributed by atoms with van der Waals surface area (Å²) in [7, 11) is 0. The number of hydrogen-bond donors (Lipinski definition) is 1. The Morgan fingerprint density at radius 3 is 2.89 bits per heavy atom. The minimum atomic E-state index is -0.642. The van der Waals surface area contributed by atoms with E-state index in [1.165, 1.54) is 12.3 Å². The van der Waals surface area contributed by atoms with E-state index >= 15 is 0 Å². The van der Waals surface area contributed by atoms with Crippen molar-refractivity contribution in [3.8, 4) is 0 Å². The van der Waals surface area contributed by atoms with E-state index in [2.05, 4.69) is 20.9 Å². The van der Waals surface area contributed by atoms with E-state index in [4.69, 9.17) is 16.3 Å². The number of aromatic nitrogens is 1. The highest BCUT2D eigenvalue weighted by molar-refractivity contribution is 9.10. The molecule has 0 bridgehead atoms. The topological polar surface area (TPSA) is 59.2 Å². The zero-order chi connectivity index (χ0) is 13.3. The second kappa shape index (κ2) is 5.12. The molecule has 0 aliphatic rings. The molecule has 2 aromatic rings. The highest BCUT2D eigenvalue weighted by Crippen LogP contribution is 2.25. The first-order chi connectivity index (χ1) is 8.54. The van der Waals surface area contributed by atoms with E-state index in [0.717, 1.165) is 0 Å². The standard InChI is InChI=1S/C12H9BrClNO3/c1-2-18-12(17)8-5-15-10-7(11(8)16)3-6(14)4-9(10)13/h3-5H,2H2,1H3,(H,15,16). The van der Waals surface area contributed by atoms with Crippen molar-refractivity contribution in [3.63, 3.8) is 0 Å². The number of esters is 1. The van der Waals surface area contributed by atoms with Gasteiger partial charge in [-0.2, -0.15) is 0 Å². The Kier molecular flexibility index (Phi) is 3.73.